The average Bonchev–Trinajstić information content (AvgIpc) is 2.39. The van der Waals surface area contributed by atoms with Crippen LogP contribution in [0.15, 0.2) is 27.1 Å². The third-order valence-corrected chi connectivity index (χ3v) is 4.56. The summed E-state index contributed by atoms with van der Waals surface area (Å²) >= 11 is 6.85. The third kappa shape index (κ3) is 4.04. The Morgan fingerprint density at radius 2 is 2.21 bits per heavy atom. The topological polar surface area (TPSA) is 32.3 Å². The van der Waals surface area contributed by atoms with E-state index in [-0.39, 0.29) is 5.91 Å². The SMILES string of the molecule is CN(CC1CCCCN1)C(=O)c1ccc(Br)cc1Br. The van der Waals surface area contributed by atoms with E-state index in [1.54, 1.807) is 4.90 Å². The van der Waals surface area contributed by atoms with Gasteiger partial charge in [0, 0.05) is 28.6 Å². The first-order valence-corrected chi connectivity index (χ1v) is 8.10. The van der Waals surface area contributed by atoms with Gasteiger partial charge in [0.2, 0.25) is 0 Å². The predicted octanol–water partition coefficient (Wildman–Crippen LogP) is 3.43. The lowest BCUT2D eigenvalue weighted by Crippen LogP contribution is -2.44. The molecular formula is C14H18Br2N2O. The number of carbonyl (C=O) groups excluding carboxylic acids is 1. The number of hydrogen-bond donors (Lipinski definition) is 1. The molecule has 0 bridgehead atoms. The molecule has 1 heterocycles. The zero-order valence-corrected chi connectivity index (χ0v) is 14.1. The van der Waals surface area contributed by atoms with Crippen LogP contribution in [-0.2, 0) is 0 Å². The maximum atomic E-state index is 12.4. The van der Waals surface area contributed by atoms with Crippen molar-refractivity contribution in [1.82, 2.24) is 10.2 Å². The van der Waals surface area contributed by atoms with Gasteiger partial charge in [-0.05, 0) is 53.5 Å². The van der Waals surface area contributed by atoms with Crippen LogP contribution in [0.4, 0.5) is 0 Å². The van der Waals surface area contributed by atoms with Gasteiger partial charge in [-0.2, -0.15) is 0 Å². The minimum absolute atomic E-state index is 0.0618. The van der Waals surface area contributed by atoms with Crippen molar-refractivity contribution in [2.45, 2.75) is 25.3 Å². The van der Waals surface area contributed by atoms with Crippen LogP contribution < -0.4 is 5.32 Å². The highest BCUT2D eigenvalue weighted by Crippen LogP contribution is 2.23. The number of rotatable bonds is 3. The van der Waals surface area contributed by atoms with Gasteiger partial charge in [0.15, 0.2) is 0 Å². The summed E-state index contributed by atoms with van der Waals surface area (Å²) < 4.78 is 1.79. The average molecular weight is 390 g/mol. The van der Waals surface area contributed by atoms with Crippen molar-refractivity contribution in [3.8, 4) is 0 Å². The van der Waals surface area contributed by atoms with Gasteiger partial charge in [-0.15, -0.1) is 0 Å². The highest BCUT2D eigenvalue weighted by Gasteiger charge is 2.20. The van der Waals surface area contributed by atoms with Gasteiger partial charge in [-0.25, -0.2) is 0 Å². The molecular weight excluding hydrogens is 372 g/mol. The Kier molecular flexibility index (Phi) is 5.42. The standard InChI is InChI=1S/C14H18Br2N2O/c1-18(9-11-4-2-3-7-17-11)14(19)12-6-5-10(15)8-13(12)16/h5-6,8,11,17H,2-4,7,9H2,1H3. The van der Waals surface area contributed by atoms with Gasteiger partial charge in [0.05, 0.1) is 5.56 Å². The summed E-state index contributed by atoms with van der Waals surface area (Å²) in [7, 11) is 1.87. The first kappa shape index (κ1) is 15.0. The zero-order valence-electron chi connectivity index (χ0n) is 11.0. The monoisotopic (exact) mass is 388 g/mol. The molecule has 1 saturated heterocycles. The first-order valence-electron chi connectivity index (χ1n) is 6.52. The summed E-state index contributed by atoms with van der Waals surface area (Å²) in [4.78, 5) is 14.2. The molecule has 1 fully saturated rings. The number of piperidine rings is 1. The second kappa shape index (κ2) is 6.86. The van der Waals surface area contributed by atoms with Crippen molar-refractivity contribution in [1.29, 1.82) is 0 Å². The zero-order chi connectivity index (χ0) is 13.8. The summed E-state index contributed by atoms with van der Waals surface area (Å²) in [5.41, 5.74) is 0.710. The Balaban J connectivity index is 2.01. The van der Waals surface area contributed by atoms with Crippen LogP contribution in [0.3, 0.4) is 0 Å². The molecule has 0 aliphatic carbocycles. The third-order valence-electron chi connectivity index (χ3n) is 3.41. The highest BCUT2D eigenvalue weighted by molar-refractivity contribution is 9.11. The first-order chi connectivity index (χ1) is 9.08. The molecule has 1 aromatic rings. The number of benzene rings is 1. The van der Waals surface area contributed by atoms with E-state index in [1.165, 1.54) is 12.8 Å². The Morgan fingerprint density at radius 3 is 2.84 bits per heavy atom. The summed E-state index contributed by atoms with van der Waals surface area (Å²) in [6, 6.07) is 6.07. The number of amides is 1. The molecule has 2 rings (SSSR count). The highest BCUT2D eigenvalue weighted by atomic mass is 79.9. The number of carbonyl (C=O) groups is 1. The minimum atomic E-state index is 0.0618. The van der Waals surface area contributed by atoms with Crippen LogP contribution in [0.1, 0.15) is 29.6 Å². The van der Waals surface area contributed by atoms with Crippen molar-refractivity contribution < 1.29 is 4.79 Å². The fraction of sp³-hybridized carbons (Fsp3) is 0.500. The van der Waals surface area contributed by atoms with Crippen molar-refractivity contribution in [2.24, 2.45) is 0 Å². The van der Waals surface area contributed by atoms with Gasteiger partial charge in [0.25, 0.3) is 5.91 Å². The van der Waals surface area contributed by atoms with Crippen LogP contribution in [0.2, 0.25) is 0 Å². The molecule has 1 aliphatic heterocycles. The molecule has 1 unspecified atom stereocenters. The molecule has 0 aromatic heterocycles. The quantitative estimate of drug-likeness (QED) is 0.858. The van der Waals surface area contributed by atoms with Crippen molar-refractivity contribution >= 4 is 37.8 Å². The smallest absolute Gasteiger partial charge is 0.254 e. The Morgan fingerprint density at radius 1 is 1.42 bits per heavy atom. The molecule has 0 saturated carbocycles. The maximum absolute atomic E-state index is 12.4. The van der Waals surface area contributed by atoms with Crippen molar-refractivity contribution in [3.63, 3.8) is 0 Å². The molecule has 1 N–H and O–H groups in total. The largest absolute Gasteiger partial charge is 0.340 e. The summed E-state index contributed by atoms with van der Waals surface area (Å²) in [5.74, 6) is 0.0618. The van der Waals surface area contributed by atoms with Crippen LogP contribution in [0, 0.1) is 0 Å². The summed E-state index contributed by atoms with van der Waals surface area (Å²) in [6.07, 6.45) is 3.65. The molecule has 1 amide bonds. The van der Waals surface area contributed by atoms with E-state index in [4.69, 9.17) is 0 Å². The fourth-order valence-corrected chi connectivity index (χ4v) is 3.58. The van der Waals surface area contributed by atoms with Gasteiger partial charge < -0.3 is 10.2 Å². The van der Waals surface area contributed by atoms with E-state index in [1.807, 2.05) is 25.2 Å². The van der Waals surface area contributed by atoms with E-state index in [0.29, 0.717) is 11.6 Å². The maximum Gasteiger partial charge on any atom is 0.254 e. The normalized spacial score (nSPS) is 19.2. The molecule has 0 spiro atoms. The van der Waals surface area contributed by atoms with Crippen molar-refractivity contribution in [3.05, 3.63) is 32.7 Å². The second-order valence-corrected chi connectivity index (χ2v) is 6.73. The van der Waals surface area contributed by atoms with Crippen LogP contribution >= 0.6 is 31.9 Å². The molecule has 1 aliphatic rings. The number of nitrogens with zero attached hydrogens (tertiary/aromatic N) is 1. The molecule has 3 nitrogen and oxygen atoms in total. The fourth-order valence-electron chi connectivity index (χ4n) is 2.36. The Labute approximate surface area is 131 Å². The van der Waals surface area contributed by atoms with E-state index in [0.717, 1.165) is 28.5 Å². The van der Waals surface area contributed by atoms with E-state index >= 15 is 0 Å². The lowest BCUT2D eigenvalue weighted by molar-refractivity contribution is 0.0774. The van der Waals surface area contributed by atoms with Crippen molar-refractivity contribution in [2.75, 3.05) is 20.1 Å². The summed E-state index contributed by atoms with van der Waals surface area (Å²) in [5, 5.41) is 3.47. The molecule has 1 atom stereocenters. The number of hydrogen-bond acceptors (Lipinski definition) is 2. The van der Waals surface area contributed by atoms with Gasteiger partial charge in [0.1, 0.15) is 0 Å². The molecule has 5 heteroatoms. The minimum Gasteiger partial charge on any atom is -0.340 e. The molecule has 1 aromatic carbocycles. The van der Waals surface area contributed by atoms with Gasteiger partial charge in [-0.1, -0.05) is 22.4 Å². The summed E-state index contributed by atoms with van der Waals surface area (Å²) in [6.45, 7) is 1.83. The van der Waals surface area contributed by atoms with Crippen LogP contribution in [0.25, 0.3) is 0 Å². The van der Waals surface area contributed by atoms with Gasteiger partial charge >= 0.3 is 0 Å². The lowest BCUT2D eigenvalue weighted by atomic mass is 10.0. The number of likely N-dealkylation sites (N-methyl/N-ethyl adjacent to an activating group) is 1. The molecule has 104 valence electrons. The molecule has 19 heavy (non-hydrogen) atoms. The van der Waals surface area contributed by atoms with E-state index < -0.39 is 0 Å². The van der Waals surface area contributed by atoms with Crippen LogP contribution in [0.5, 0.6) is 0 Å². The van der Waals surface area contributed by atoms with Gasteiger partial charge in [-0.3, -0.25) is 4.79 Å². The lowest BCUT2D eigenvalue weighted by Gasteiger charge is -2.28. The molecule has 0 radical (unpaired) electrons. The van der Waals surface area contributed by atoms with E-state index in [9.17, 15) is 4.79 Å². The number of halogens is 2. The Hall–Kier alpha value is -0.390. The number of nitrogens with one attached hydrogen (secondary N) is 1. The van der Waals surface area contributed by atoms with E-state index in [2.05, 4.69) is 37.2 Å². The second-order valence-electron chi connectivity index (χ2n) is 4.96. The Bertz CT molecular complexity index is 459. The van der Waals surface area contributed by atoms with Crippen LogP contribution in [-0.4, -0.2) is 37.0 Å². The predicted molar refractivity (Wildman–Crippen MR) is 84.4 cm³/mol.